The molecule has 3 nitrogen and oxygen atoms in total. The van der Waals surface area contributed by atoms with Crippen molar-refractivity contribution in [2.45, 2.75) is 58.4 Å². The first-order chi connectivity index (χ1) is 11.4. The molecule has 1 saturated carbocycles. The summed E-state index contributed by atoms with van der Waals surface area (Å²) in [5.74, 6) is 0.00192. The van der Waals surface area contributed by atoms with Gasteiger partial charge in [0.2, 0.25) is 0 Å². The molecule has 0 saturated heterocycles. The molecule has 0 aromatic rings. The van der Waals surface area contributed by atoms with Crippen molar-refractivity contribution >= 4 is 12.2 Å². The standard InChI is InChI=1S/C21H28N2O/c1-6-16(3)17(4)13-18(5)19(7-2)14-23-15-22-20(24)21(23)11-9-8-10-12-21/h6-7,13-15H,1-2,8-12H2,3-5H3/b17-16-,18-13+,19-14+. The predicted octanol–water partition coefficient (Wildman–Crippen LogP) is 5.10. The monoisotopic (exact) mass is 324 g/mol. The molecule has 0 unspecified atom stereocenters. The second-order valence-corrected chi connectivity index (χ2v) is 6.74. The summed E-state index contributed by atoms with van der Waals surface area (Å²) in [5.41, 5.74) is 3.99. The van der Waals surface area contributed by atoms with Gasteiger partial charge in [0.25, 0.3) is 5.91 Å². The van der Waals surface area contributed by atoms with Crippen LogP contribution >= 0.6 is 0 Å². The van der Waals surface area contributed by atoms with Crippen molar-refractivity contribution in [1.29, 1.82) is 0 Å². The molecule has 0 bridgehead atoms. The summed E-state index contributed by atoms with van der Waals surface area (Å²) in [5, 5.41) is 0. The number of hydrogen-bond donors (Lipinski definition) is 0. The lowest BCUT2D eigenvalue weighted by Gasteiger charge is -2.37. The molecule has 1 heterocycles. The zero-order chi connectivity index (χ0) is 17.7. The molecule has 0 aromatic heterocycles. The normalized spacial score (nSPS) is 22.0. The Labute approximate surface area is 145 Å². The van der Waals surface area contributed by atoms with E-state index in [4.69, 9.17) is 0 Å². The third kappa shape index (κ3) is 3.50. The average Bonchev–Trinajstić information content (AvgIpc) is 2.88. The summed E-state index contributed by atoms with van der Waals surface area (Å²) in [6, 6.07) is 0. The van der Waals surface area contributed by atoms with Crippen molar-refractivity contribution in [3.63, 3.8) is 0 Å². The summed E-state index contributed by atoms with van der Waals surface area (Å²) >= 11 is 0. The number of carbonyl (C=O) groups is 1. The Morgan fingerprint density at radius 2 is 1.79 bits per heavy atom. The number of carbonyl (C=O) groups excluding carboxylic acids is 1. The molecule has 1 amide bonds. The summed E-state index contributed by atoms with van der Waals surface area (Å²) in [6.45, 7) is 14.0. The van der Waals surface area contributed by atoms with Gasteiger partial charge in [-0.2, -0.15) is 0 Å². The van der Waals surface area contributed by atoms with Crippen LogP contribution in [0.1, 0.15) is 52.9 Å². The molecule has 24 heavy (non-hydrogen) atoms. The molecule has 2 aliphatic rings. The van der Waals surface area contributed by atoms with Gasteiger partial charge in [0.05, 0.1) is 6.34 Å². The molecule has 1 aliphatic carbocycles. The highest BCUT2D eigenvalue weighted by molar-refractivity contribution is 5.99. The first-order valence-corrected chi connectivity index (χ1v) is 8.64. The van der Waals surface area contributed by atoms with E-state index in [-0.39, 0.29) is 5.91 Å². The predicted molar refractivity (Wildman–Crippen MR) is 102 cm³/mol. The molecule has 1 spiro atoms. The van der Waals surface area contributed by atoms with Gasteiger partial charge in [-0.25, -0.2) is 4.99 Å². The van der Waals surface area contributed by atoms with Crippen LogP contribution in [0, 0.1) is 0 Å². The third-order valence-corrected chi connectivity index (χ3v) is 5.19. The Kier molecular flexibility index (Phi) is 5.76. The number of nitrogens with zero attached hydrogens (tertiary/aromatic N) is 2. The molecule has 1 aliphatic heterocycles. The van der Waals surface area contributed by atoms with Gasteiger partial charge in [-0.15, -0.1) is 0 Å². The number of allylic oxidation sites excluding steroid dienone is 7. The number of rotatable bonds is 5. The highest BCUT2D eigenvalue weighted by atomic mass is 16.2. The third-order valence-electron chi connectivity index (χ3n) is 5.19. The van der Waals surface area contributed by atoms with Crippen LogP contribution in [0.5, 0.6) is 0 Å². The maximum atomic E-state index is 12.4. The van der Waals surface area contributed by atoms with Crippen LogP contribution in [0.2, 0.25) is 0 Å². The van der Waals surface area contributed by atoms with Crippen LogP contribution in [-0.2, 0) is 4.79 Å². The van der Waals surface area contributed by atoms with E-state index in [0.29, 0.717) is 0 Å². The molecular weight excluding hydrogens is 296 g/mol. The van der Waals surface area contributed by atoms with Crippen LogP contribution in [0.3, 0.4) is 0 Å². The molecule has 128 valence electrons. The van der Waals surface area contributed by atoms with Crippen molar-refractivity contribution in [2.24, 2.45) is 4.99 Å². The summed E-state index contributed by atoms with van der Waals surface area (Å²) in [7, 11) is 0. The van der Waals surface area contributed by atoms with Crippen LogP contribution in [0.4, 0.5) is 0 Å². The van der Waals surface area contributed by atoms with E-state index in [1.54, 1.807) is 6.34 Å². The number of aliphatic imine (C=N–C) groups is 1. The molecular formula is C21H28N2O. The van der Waals surface area contributed by atoms with E-state index >= 15 is 0 Å². The number of hydrogen-bond acceptors (Lipinski definition) is 2. The van der Waals surface area contributed by atoms with Gasteiger partial charge < -0.3 is 4.90 Å². The van der Waals surface area contributed by atoms with E-state index in [2.05, 4.69) is 38.1 Å². The molecule has 1 fully saturated rings. The second kappa shape index (κ2) is 7.61. The van der Waals surface area contributed by atoms with Crippen molar-refractivity contribution in [3.05, 3.63) is 59.9 Å². The maximum Gasteiger partial charge on any atom is 0.273 e. The fourth-order valence-electron chi connectivity index (χ4n) is 3.37. The smallest absolute Gasteiger partial charge is 0.273 e. The molecule has 3 heteroatoms. The van der Waals surface area contributed by atoms with Crippen LogP contribution in [-0.4, -0.2) is 22.7 Å². The van der Waals surface area contributed by atoms with Gasteiger partial charge in [-0.3, -0.25) is 4.79 Å². The minimum absolute atomic E-state index is 0.00192. The Bertz CT molecular complexity index is 655. The first-order valence-electron chi connectivity index (χ1n) is 8.64. The second-order valence-electron chi connectivity index (χ2n) is 6.74. The van der Waals surface area contributed by atoms with E-state index in [1.165, 1.54) is 12.0 Å². The molecule has 0 atom stereocenters. The lowest BCUT2D eigenvalue weighted by atomic mass is 9.80. The van der Waals surface area contributed by atoms with Gasteiger partial charge in [-0.05, 0) is 55.9 Å². The van der Waals surface area contributed by atoms with Crippen molar-refractivity contribution < 1.29 is 4.79 Å². The lowest BCUT2D eigenvalue weighted by molar-refractivity contribution is -0.126. The van der Waals surface area contributed by atoms with E-state index in [1.807, 2.05) is 30.2 Å². The highest BCUT2D eigenvalue weighted by Crippen LogP contribution is 2.37. The van der Waals surface area contributed by atoms with Gasteiger partial charge in [0.15, 0.2) is 0 Å². The largest absolute Gasteiger partial charge is 0.323 e. The molecule has 2 rings (SSSR count). The van der Waals surface area contributed by atoms with Gasteiger partial charge in [0, 0.05) is 6.20 Å². The minimum atomic E-state index is -0.464. The van der Waals surface area contributed by atoms with Gasteiger partial charge in [-0.1, -0.05) is 50.6 Å². The summed E-state index contributed by atoms with van der Waals surface area (Å²) in [6.07, 6.45) is 14.7. The SMILES string of the molecule is C=C\C(C)=C(C)/C=C(C)/C(C=C)=C/N1C=NC(=O)C12CCCCC2. The zero-order valence-electron chi connectivity index (χ0n) is 15.1. The van der Waals surface area contributed by atoms with Gasteiger partial charge >= 0.3 is 0 Å². The summed E-state index contributed by atoms with van der Waals surface area (Å²) in [4.78, 5) is 18.5. The first kappa shape index (κ1) is 18.2. The van der Waals surface area contributed by atoms with Crippen LogP contribution < -0.4 is 0 Å². The Hall–Kier alpha value is -2.16. The van der Waals surface area contributed by atoms with Crippen molar-refractivity contribution in [3.8, 4) is 0 Å². The van der Waals surface area contributed by atoms with Crippen molar-refractivity contribution in [2.75, 3.05) is 0 Å². The van der Waals surface area contributed by atoms with E-state index < -0.39 is 5.54 Å². The Morgan fingerprint density at radius 3 is 2.38 bits per heavy atom. The van der Waals surface area contributed by atoms with Crippen LogP contribution in [0.15, 0.2) is 64.9 Å². The maximum absolute atomic E-state index is 12.4. The van der Waals surface area contributed by atoms with Gasteiger partial charge in [0.1, 0.15) is 5.54 Å². The topological polar surface area (TPSA) is 32.7 Å². The number of amides is 1. The minimum Gasteiger partial charge on any atom is -0.323 e. The fraction of sp³-hybridized carbons (Fsp3) is 0.429. The Morgan fingerprint density at radius 1 is 1.12 bits per heavy atom. The molecule has 0 aromatic carbocycles. The zero-order valence-corrected chi connectivity index (χ0v) is 15.1. The highest BCUT2D eigenvalue weighted by Gasteiger charge is 2.46. The van der Waals surface area contributed by atoms with Crippen LogP contribution in [0.25, 0.3) is 0 Å². The average molecular weight is 324 g/mol. The Balaban J connectivity index is 2.34. The molecule has 0 N–H and O–H groups in total. The summed E-state index contributed by atoms with van der Waals surface area (Å²) < 4.78 is 0. The van der Waals surface area contributed by atoms with Crippen molar-refractivity contribution in [1.82, 2.24) is 4.90 Å². The van der Waals surface area contributed by atoms with E-state index in [0.717, 1.165) is 42.4 Å². The molecule has 0 radical (unpaired) electrons. The van der Waals surface area contributed by atoms with E-state index in [9.17, 15) is 4.79 Å². The lowest BCUT2D eigenvalue weighted by Crippen LogP contribution is -2.48. The quantitative estimate of drug-likeness (QED) is 0.659. The fourth-order valence-corrected chi connectivity index (χ4v) is 3.37.